The van der Waals surface area contributed by atoms with Crippen LogP contribution in [0.15, 0.2) is 0 Å². The molecule has 0 saturated carbocycles. The molecule has 0 aliphatic heterocycles. The van der Waals surface area contributed by atoms with Crippen molar-refractivity contribution in [3.05, 3.63) is 0 Å². The topological polar surface area (TPSA) is 40.9 Å². The number of rotatable bonds is 0. The van der Waals surface area contributed by atoms with Crippen molar-refractivity contribution in [3.63, 3.8) is 0 Å². The first-order valence-corrected chi connectivity index (χ1v) is 0.748. The van der Waals surface area contributed by atoms with E-state index in [-0.39, 0.29) is 37.3 Å². The molecular formula is C2H2NNaO. The molecule has 0 N–H and O–H groups in total. The second-order valence-electron chi connectivity index (χ2n) is 0.247. The zero-order valence-corrected chi connectivity index (χ0v) is 4.93. The van der Waals surface area contributed by atoms with E-state index in [1.165, 1.54) is 6.07 Å². The average molecular weight is 79.0 g/mol. The fraction of sp³-hybridized carbons (Fsp3) is 0. The van der Waals surface area contributed by atoms with E-state index in [0.29, 0.717) is 0 Å². The number of nitriles is 1. The molecule has 0 aromatic carbocycles. The van der Waals surface area contributed by atoms with Gasteiger partial charge in [0.25, 0.3) is 0 Å². The number of hydrogen-bond donors (Lipinski definition) is 0. The predicted octanol–water partition coefficient (Wildman–Crippen LogP) is -3.17. The molecule has 5 heavy (non-hydrogen) atoms. The summed E-state index contributed by atoms with van der Waals surface area (Å²) in [6, 6.07) is 1.25. The van der Waals surface area contributed by atoms with E-state index in [4.69, 9.17) is 10.1 Å². The van der Waals surface area contributed by atoms with Crippen LogP contribution < -0.4 is 29.6 Å². The van der Waals surface area contributed by atoms with Crippen molar-refractivity contribution >= 4 is 6.29 Å². The van der Waals surface area contributed by atoms with Gasteiger partial charge in [-0.15, -0.1) is 0 Å². The quantitative estimate of drug-likeness (QED) is 0.174. The molecule has 0 bridgehead atoms. The number of carbonyl (C=O) groups is 1. The fourth-order valence-electron chi connectivity index (χ4n) is 0. The van der Waals surface area contributed by atoms with Crippen LogP contribution in [-0.2, 0) is 4.79 Å². The SMILES string of the molecule is N#CC=O.[H-].[Na+]. The van der Waals surface area contributed by atoms with E-state index in [9.17, 15) is 0 Å². The summed E-state index contributed by atoms with van der Waals surface area (Å²) < 4.78 is 0. The molecule has 3 heteroatoms. The molecule has 0 aromatic rings. The molecule has 0 aromatic heterocycles. The molecule has 0 aliphatic rings. The van der Waals surface area contributed by atoms with Gasteiger partial charge in [-0.05, 0) is 0 Å². The van der Waals surface area contributed by atoms with Gasteiger partial charge in [0.15, 0.2) is 0 Å². The third-order valence-electron chi connectivity index (χ3n) is 0.0527. The Bertz CT molecular complexity index is 59.1. The maximum Gasteiger partial charge on any atom is 1.00 e. The van der Waals surface area contributed by atoms with E-state index in [1.54, 1.807) is 0 Å². The standard InChI is InChI=1S/C2HNO.Na.H/c3-1-2-4;;/h2H;;/q;+1;-1. The summed E-state index contributed by atoms with van der Waals surface area (Å²) in [4.78, 5) is 8.81. The third kappa shape index (κ3) is 14.4. The Balaban J connectivity index is -0.0000000450. The summed E-state index contributed by atoms with van der Waals surface area (Å²) in [5, 5.41) is 7.26. The molecule has 0 aliphatic carbocycles. The molecule has 0 heterocycles. The monoisotopic (exact) mass is 79.0 g/mol. The molecule has 2 nitrogen and oxygen atoms in total. The van der Waals surface area contributed by atoms with E-state index in [1.807, 2.05) is 0 Å². The van der Waals surface area contributed by atoms with Gasteiger partial charge in [0.05, 0.1) is 0 Å². The van der Waals surface area contributed by atoms with Crippen molar-refractivity contribution in [1.82, 2.24) is 0 Å². The van der Waals surface area contributed by atoms with Gasteiger partial charge in [0.1, 0.15) is 6.07 Å². The summed E-state index contributed by atoms with van der Waals surface area (Å²) >= 11 is 0. The number of aldehydes is 1. The summed E-state index contributed by atoms with van der Waals surface area (Å²) in [5.41, 5.74) is 0. The average Bonchev–Trinajstić information content (AvgIpc) is 1.37. The zero-order chi connectivity index (χ0) is 3.41. The Hall–Kier alpha value is 0.160. The Labute approximate surface area is 53.6 Å². The molecular weight excluding hydrogens is 77.0 g/mol. The molecule has 22 valence electrons. The van der Waals surface area contributed by atoms with Crippen molar-refractivity contribution in [2.45, 2.75) is 0 Å². The van der Waals surface area contributed by atoms with Gasteiger partial charge in [-0.2, -0.15) is 5.26 Å². The fourth-order valence-corrected chi connectivity index (χ4v) is 0. The molecule has 0 unspecified atom stereocenters. The minimum absolute atomic E-state index is 0. The summed E-state index contributed by atoms with van der Waals surface area (Å²) in [6.07, 6.45) is 0.181. The van der Waals surface area contributed by atoms with Crippen molar-refractivity contribution < 1.29 is 35.8 Å². The van der Waals surface area contributed by atoms with Crippen LogP contribution in [0.3, 0.4) is 0 Å². The van der Waals surface area contributed by atoms with E-state index < -0.39 is 0 Å². The first kappa shape index (κ1) is 8.94. The zero-order valence-electron chi connectivity index (χ0n) is 3.93. The first-order valence-electron chi connectivity index (χ1n) is 0.748. The number of hydrogen-bond acceptors (Lipinski definition) is 2. The van der Waals surface area contributed by atoms with E-state index >= 15 is 0 Å². The first-order chi connectivity index (χ1) is 1.91. The Morgan fingerprint density at radius 3 is 2.20 bits per heavy atom. The third-order valence-corrected chi connectivity index (χ3v) is 0.0527. The maximum atomic E-state index is 8.81. The van der Waals surface area contributed by atoms with Crippen LogP contribution in [0.25, 0.3) is 0 Å². The van der Waals surface area contributed by atoms with Gasteiger partial charge in [0, 0.05) is 0 Å². The second kappa shape index (κ2) is 8.90. The Morgan fingerprint density at radius 1 is 2.00 bits per heavy atom. The van der Waals surface area contributed by atoms with Crippen LogP contribution in [0, 0.1) is 11.3 Å². The van der Waals surface area contributed by atoms with Crippen LogP contribution in [-0.4, -0.2) is 6.29 Å². The minimum atomic E-state index is 0. The summed E-state index contributed by atoms with van der Waals surface area (Å²) in [7, 11) is 0. The van der Waals surface area contributed by atoms with Gasteiger partial charge in [-0.25, -0.2) is 0 Å². The van der Waals surface area contributed by atoms with Crippen molar-refractivity contribution in [2.24, 2.45) is 0 Å². The molecule has 0 rings (SSSR count). The summed E-state index contributed by atoms with van der Waals surface area (Å²) in [5.74, 6) is 0. The molecule has 0 spiro atoms. The smallest absolute Gasteiger partial charge is 1.00 e. The van der Waals surface area contributed by atoms with Crippen molar-refractivity contribution in [2.75, 3.05) is 0 Å². The molecule has 0 amide bonds. The van der Waals surface area contributed by atoms with Gasteiger partial charge < -0.3 is 1.43 Å². The molecule has 0 radical (unpaired) electrons. The maximum absolute atomic E-state index is 8.81. The predicted molar refractivity (Wildman–Crippen MR) is 12.8 cm³/mol. The van der Waals surface area contributed by atoms with E-state index in [0.717, 1.165) is 0 Å². The van der Waals surface area contributed by atoms with Crippen molar-refractivity contribution in [3.8, 4) is 6.07 Å². The molecule has 0 fully saturated rings. The van der Waals surface area contributed by atoms with Gasteiger partial charge >= 0.3 is 29.6 Å². The second-order valence-corrected chi connectivity index (χ2v) is 0.247. The van der Waals surface area contributed by atoms with Crippen LogP contribution in [0.2, 0.25) is 0 Å². The molecule has 0 saturated heterocycles. The van der Waals surface area contributed by atoms with Crippen LogP contribution in [0.5, 0.6) is 0 Å². The summed E-state index contributed by atoms with van der Waals surface area (Å²) in [6.45, 7) is 0. The van der Waals surface area contributed by atoms with Gasteiger partial charge in [0.2, 0.25) is 6.29 Å². The van der Waals surface area contributed by atoms with Crippen LogP contribution >= 0.6 is 0 Å². The number of nitrogens with zero attached hydrogens (tertiary/aromatic N) is 1. The number of carbonyl (C=O) groups excluding carboxylic acids is 1. The van der Waals surface area contributed by atoms with Crippen LogP contribution in [0.4, 0.5) is 0 Å². The van der Waals surface area contributed by atoms with Crippen LogP contribution in [0.1, 0.15) is 1.43 Å². The largest absolute Gasteiger partial charge is 1.00 e. The Morgan fingerprint density at radius 2 is 2.20 bits per heavy atom. The van der Waals surface area contributed by atoms with E-state index in [2.05, 4.69) is 0 Å². The minimum Gasteiger partial charge on any atom is -1.00 e. The Kier molecular flexibility index (Phi) is 15.9. The molecule has 0 atom stereocenters. The normalized spacial score (nSPS) is 3.00. The van der Waals surface area contributed by atoms with Crippen molar-refractivity contribution in [1.29, 1.82) is 5.26 Å². The van der Waals surface area contributed by atoms with Gasteiger partial charge in [-0.1, -0.05) is 0 Å². The van der Waals surface area contributed by atoms with Gasteiger partial charge in [-0.3, -0.25) is 4.79 Å².